The smallest absolute Gasteiger partial charge is 0.177 e. The first-order valence-corrected chi connectivity index (χ1v) is 7.24. The highest BCUT2D eigenvalue weighted by molar-refractivity contribution is 7.17. The zero-order valence-corrected chi connectivity index (χ0v) is 12.0. The Bertz CT molecular complexity index is 481. The van der Waals surface area contributed by atoms with Gasteiger partial charge >= 0.3 is 0 Å². The standard InChI is InChI=1S/C13H19N3O2S/c1-3-9-8(4-5-18-9)7-16-13-12(17-2)11(15)10(6-14)19-13/h8-9,16H,3-5,7,15H2,1-2H3. The van der Waals surface area contributed by atoms with Crippen molar-refractivity contribution in [2.45, 2.75) is 25.9 Å². The molecule has 3 N–H and O–H groups in total. The molecule has 0 bridgehead atoms. The van der Waals surface area contributed by atoms with Crippen LogP contribution in [0.4, 0.5) is 10.7 Å². The lowest BCUT2D eigenvalue weighted by Gasteiger charge is -2.17. The number of nitriles is 1. The molecule has 0 aromatic carbocycles. The summed E-state index contributed by atoms with van der Waals surface area (Å²) in [6.45, 7) is 3.79. The first kappa shape index (κ1) is 14.0. The number of hydrogen-bond acceptors (Lipinski definition) is 6. The van der Waals surface area contributed by atoms with Gasteiger partial charge in [0.05, 0.1) is 13.2 Å². The maximum Gasteiger partial charge on any atom is 0.177 e. The van der Waals surface area contributed by atoms with Gasteiger partial charge in [0.1, 0.15) is 21.6 Å². The molecule has 1 aromatic heterocycles. The largest absolute Gasteiger partial charge is 0.492 e. The molecular weight excluding hydrogens is 262 g/mol. The minimum atomic E-state index is 0.325. The third kappa shape index (κ3) is 2.77. The Labute approximate surface area is 117 Å². The second kappa shape index (κ2) is 6.13. The van der Waals surface area contributed by atoms with Gasteiger partial charge in [-0.25, -0.2) is 0 Å². The van der Waals surface area contributed by atoms with Crippen LogP contribution in [0.1, 0.15) is 24.6 Å². The van der Waals surface area contributed by atoms with Crippen LogP contribution < -0.4 is 15.8 Å². The lowest BCUT2D eigenvalue weighted by molar-refractivity contribution is 0.0900. The Morgan fingerprint density at radius 3 is 3.05 bits per heavy atom. The van der Waals surface area contributed by atoms with E-state index >= 15 is 0 Å². The molecule has 104 valence electrons. The van der Waals surface area contributed by atoms with Crippen molar-refractivity contribution in [3.63, 3.8) is 0 Å². The maximum atomic E-state index is 8.99. The summed E-state index contributed by atoms with van der Waals surface area (Å²) >= 11 is 1.34. The number of nitrogens with two attached hydrogens (primary N) is 1. The molecule has 1 fully saturated rings. The van der Waals surface area contributed by atoms with Gasteiger partial charge in [0.2, 0.25) is 0 Å². The number of methoxy groups -OCH3 is 1. The molecule has 19 heavy (non-hydrogen) atoms. The number of anilines is 2. The number of ether oxygens (including phenoxy) is 2. The average molecular weight is 281 g/mol. The maximum absolute atomic E-state index is 8.99. The second-order valence-electron chi connectivity index (χ2n) is 4.57. The van der Waals surface area contributed by atoms with E-state index in [1.165, 1.54) is 11.3 Å². The van der Waals surface area contributed by atoms with E-state index in [0.717, 1.165) is 31.0 Å². The van der Waals surface area contributed by atoms with E-state index in [9.17, 15) is 0 Å². The number of thiophene rings is 1. The molecule has 6 heteroatoms. The number of hydrogen-bond donors (Lipinski definition) is 2. The molecule has 0 radical (unpaired) electrons. The van der Waals surface area contributed by atoms with Gasteiger partial charge in [-0.15, -0.1) is 11.3 Å². The third-order valence-electron chi connectivity index (χ3n) is 3.48. The van der Waals surface area contributed by atoms with Crippen LogP contribution >= 0.6 is 11.3 Å². The molecule has 0 amide bonds. The van der Waals surface area contributed by atoms with Gasteiger partial charge in [-0.2, -0.15) is 5.26 Å². The van der Waals surface area contributed by atoms with E-state index in [4.69, 9.17) is 20.5 Å². The van der Waals surface area contributed by atoms with Crippen LogP contribution in [0.5, 0.6) is 5.75 Å². The molecule has 0 saturated carbocycles. The van der Waals surface area contributed by atoms with Crippen molar-refractivity contribution in [2.24, 2.45) is 5.92 Å². The molecule has 2 atom stereocenters. The second-order valence-corrected chi connectivity index (χ2v) is 5.59. The van der Waals surface area contributed by atoms with Crippen molar-refractivity contribution in [2.75, 3.05) is 31.3 Å². The SMILES string of the molecule is CCC1OCCC1CNc1sc(C#N)c(N)c1OC. The third-order valence-corrected chi connectivity index (χ3v) is 4.53. The highest BCUT2D eigenvalue weighted by Gasteiger charge is 2.27. The van der Waals surface area contributed by atoms with Gasteiger partial charge in [0.25, 0.3) is 0 Å². The summed E-state index contributed by atoms with van der Waals surface area (Å²) in [6.07, 6.45) is 2.42. The first-order valence-electron chi connectivity index (χ1n) is 6.43. The minimum absolute atomic E-state index is 0.325. The number of nitrogen functional groups attached to an aromatic ring is 1. The highest BCUT2D eigenvalue weighted by Crippen LogP contribution is 2.42. The monoisotopic (exact) mass is 281 g/mol. The van der Waals surface area contributed by atoms with Crippen molar-refractivity contribution in [3.8, 4) is 11.8 Å². The quantitative estimate of drug-likeness (QED) is 0.866. The summed E-state index contributed by atoms with van der Waals surface area (Å²) in [4.78, 5) is 0.495. The number of rotatable bonds is 5. The zero-order valence-electron chi connectivity index (χ0n) is 11.2. The summed E-state index contributed by atoms with van der Waals surface area (Å²) in [5.41, 5.74) is 6.28. The molecule has 1 aliphatic heterocycles. The molecule has 1 aliphatic rings. The summed E-state index contributed by atoms with van der Waals surface area (Å²) in [7, 11) is 1.57. The Hall–Kier alpha value is -1.45. The normalized spacial score (nSPS) is 22.2. The summed E-state index contributed by atoms with van der Waals surface area (Å²) in [5.74, 6) is 1.08. The van der Waals surface area contributed by atoms with Crippen molar-refractivity contribution in [1.82, 2.24) is 0 Å². The highest BCUT2D eigenvalue weighted by atomic mass is 32.1. The fourth-order valence-electron chi connectivity index (χ4n) is 2.43. The lowest BCUT2D eigenvalue weighted by Crippen LogP contribution is -2.22. The van der Waals surface area contributed by atoms with E-state index in [2.05, 4.69) is 18.3 Å². The van der Waals surface area contributed by atoms with E-state index in [0.29, 0.717) is 28.3 Å². The first-order chi connectivity index (χ1) is 9.21. The Morgan fingerprint density at radius 1 is 1.63 bits per heavy atom. The van der Waals surface area contributed by atoms with Crippen LogP contribution in [0.2, 0.25) is 0 Å². The lowest BCUT2D eigenvalue weighted by atomic mass is 10.00. The van der Waals surface area contributed by atoms with Crippen LogP contribution in [0, 0.1) is 17.2 Å². The number of nitrogens with one attached hydrogen (secondary N) is 1. The van der Waals surface area contributed by atoms with E-state index in [-0.39, 0.29) is 0 Å². The van der Waals surface area contributed by atoms with E-state index < -0.39 is 0 Å². The molecule has 1 saturated heterocycles. The van der Waals surface area contributed by atoms with Gasteiger partial charge in [-0.1, -0.05) is 6.92 Å². The van der Waals surface area contributed by atoms with Gasteiger partial charge in [0.15, 0.2) is 5.75 Å². The summed E-state index contributed by atoms with van der Waals surface area (Å²) in [5, 5.41) is 13.2. The van der Waals surface area contributed by atoms with E-state index in [1.54, 1.807) is 7.11 Å². The average Bonchev–Trinajstić information content (AvgIpc) is 2.99. The summed E-state index contributed by atoms with van der Waals surface area (Å²) < 4.78 is 10.9. The predicted molar refractivity (Wildman–Crippen MR) is 76.6 cm³/mol. The van der Waals surface area contributed by atoms with Gasteiger partial charge < -0.3 is 20.5 Å². The summed E-state index contributed by atoms with van der Waals surface area (Å²) in [6, 6.07) is 2.09. The van der Waals surface area contributed by atoms with Crippen LogP contribution in [0.15, 0.2) is 0 Å². The predicted octanol–water partition coefficient (Wildman–Crippen LogP) is 2.44. The molecule has 0 spiro atoms. The van der Waals surface area contributed by atoms with Crippen molar-refractivity contribution >= 4 is 22.0 Å². The van der Waals surface area contributed by atoms with Crippen molar-refractivity contribution < 1.29 is 9.47 Å². The van der Waals surface area contributed by atoms with Gasteiger partial charge in [-0.05, 0) is 12.8 Å². The molecule has 2 heterocycles. The Kier molecular flexibility index (Phi) is 4.51. The van der Waals surface area contributed by atoms with Crippen molar-refractivity contribution in [1.29, 1.82) is 5.26 Å². The Morgan fingerprint density at radius 2 is 2.42 bits per heavy atom. The van der Waals surface area contributed by atoms with Crippen LogP contribution in [-0.4, -0.2) is 26.4 Å². The molecule has 1 aromatic rings. The topological polar surface area (TPSA) is 80.3 Å². The van der Waals surface area contributed by atoms with Gasteiger partial charge in [0, 0.05) is 19.1 Å². The molecule has 2 unspecified atom stereocenters. The van der Waals surface area contributed by atoms with Crippen LogP contribution in [-0.2, 0) is 4.74 Å². The van der Waals surface area contributed by atoms with Crippen molar-refractivity contribution in [3.05, 3.63) is 4.88 Å². The zero-order chi connectivity index (χ0) is 13.8. The van der Waals surface area contributed by atoms with E-state index in [1.807, 2.05) is 0 Å². The molecule has 0 aliphatic carbocycles. The fourth-order valence-corrected chi connectivity index (χ4v) is 3.33. The Balaban J connectivity index is 2.05. The molecule has 5 nitrogen and oxygen atoms in total. The molecular formula is C13H19N3O2S. The number of nitrogens with zero attached hydrogens (tertiary/aromatic N) is 1. The van der Waals surface area contributed by atoms with Crippen LogP contribution in [0.25, 0.3) is 0 Å². The van der Waals surface area contributed by atoms with Crippen LogP contribution in [0.3, 0.4) is 0 Å². The minimum Gasteiger partial charge on any atom is -0.492 e. The fraction of sp³-hybridized carbons (Fsp3) is 0.615. The van der Waals surface area contributed by atoms with Gasteiger partial charge in [-0.3, -0.25) is 0 Å². The molecule has 2 rings (SSSR count).